The van der Waals surface area contributed by atoms with Crippen LogP contribution >= 0.6 is 0 Å². The van der Waals surface area contributed by atoms with E-state index in [1.807, 2.05) is 12.1 Å². The molecule has 0 bridgehead atoms. The van der Waals surface area contributed by atoms with Gasteiger partial charge in [0.15, 0.2) is 5.69 Å². The average Bonchev–Trinajstić information content (AvgIpc) is 2.91. The Morgan fingerprint density at radius 3 is 2.95 bits per heavy atom. The number of carbonyl (C=O) groups excluding carboxylic acids is 1. The van der Waals surface area contributed by atoms with Crippen molar-refractivity contribution in [1.82, 2.24) is 10.5 Å². The van der Waals surface area contributed by atoms with Gasteiger partial charge in [0.1, 0.15) is 5.76 Å². The first kappa shape index (κ1) is 12.9. The van der Waals surface area contributed by atoms with Crippen molar-refractivity contribution in [1.29, 1.82) is 0 Å². The van der Waals surface area contributed by atoms with Gasteiger partial charge in [-0.05, 0) is 18.1 Å². The lowest BCUT2D eigenvalue weighted by Gasteiger charge is -2.25. The minimum absolute atomic E-state index is 0.00171. The van der Waals surface area contributed by atoms with Gasteiger partial charge in [-0.3, -0.25) is 4.79 Å². The Morgan fingerprint density at radius 1 is 1.40 bits per heavy atom. The number of hydrogen-bond donors (Lipinski definition) is 1. The summed E-state index contributed by atoms with van der Waals surface area (Å²) in [5, 5.41) is 6.51. The molecule has 5 heteroatoms. The van der Waals surface area contributed by atoms with Gasteiger partial charge in [-0.2, -0.15) is 0 Å². The number of ether oxygens (including phenoxy) is 1. The van der Waals surface area contributed by atoms with Gasteiger partial charge in [0.05, 0.1) is 12.7 Å². The van der Waals surface area contributed by atoms with E-state index in [-0.39, 0.29) is 12.0 Å². The zero-order valence-corrected chi connectivity index (χ0v) is 11.3. The fourth-order valence-electron chi connectivity index (χ4n) is 2.31. The summed E-state index contributed by atoms with van der Waals surface area (Å²) in [7, 11) is 0. The van der Waals surface area contributed by atoms with Gasteiger partial charge in [0.25, 0.3) is 5.91 Å². The van der Waals surface area contributed by atoms with E-state index < -0.39 is 0 Å². The molecule has 0 saturated heterocycles. The first-order valence-electron chi connectivity index (χ1n) is 6.62. The molecule has 1 aliphatic heterocycles. The molecule has 0 aliphatic carbocycles. The highest BCUT2D eigenvalue weighted by atomic mass is 16.5. The van der Waals surface area contributed by atoms with Crippen molar-refractivity contribution >= 4 is 5.91 Å². The van der Waals surface area contributed by atoms with Crippen LogP contribution < -0.4 is 5.32 Å². The van der Waals surface area contributed by atoms with E-state index in [2.05, 4.69) is 22.6 Å². The average molecular weight is 272 g/mol. The smallest absolute Gasteiger partial charge is 0.273 e. The maximum atomic E-state index is 11.9. The molecule has 1 N–H and O–H groups in total. The van der Waals surface area contributed by atoms with Crippen LogP contribution in [0.3, 0.4) is 0 Å². The fraction of sp³-hybridized carbons (Fsp3) is 0.333. The summed E-state index contributed by atoms with van der Waals surface area (Å²) in [5.41, 5.74) is 2.82. The van der Waals surface area contributed by atoms with Gasteiger partial charge in [0.2, 0.25) is 0 Å². The van der Waals surface area contributed by atoms with E-state index in [1.54, 1.807) is 13.0 Å². The van der Waals surface area contributed by atoms with E-state index >= 15 is 0 Å². The highest BCUT2D eigenvalue weighted by Gasteiger charge is 2.20. The molecular formula is C15H16N2O3. The molecule has 20 heavy (non-hydrogen) atoms. The molecule has 0 fully saturated rings. The van der Waals surface area contributed by atoms with Crippen molar-refractivity contribution in [3.8, 4) is 0 Å². The minimum Gasteiger partial charge on any atom is -0.371 e. The van der Waals surface area contributed by atoms with E-state index in [1.165, 1.54) is 11.1 Å². The summed E-state index contributed by atoms with van der Waals surface area (Å²) in [4.78, 5) is 11.9. The minimum atomic E-state index is -0.232. The molecule has 1 aliphatic rings. The molecule has 3 rings (SSSR count). The standard InChI is InChI=1S/C15H16N2O3/c1-10-6-14(17-20-10)15(18)16-8-13-7-11-4-2-3-5-12(11)9-19-13/h2-6,13H,7-9H2,1H3,(H,16,18)/t13-/m0/s1. The van der Waals surface area contributed by atoms with Gasteiger partial charge in [-0.1, -0.05) is 29.4 Å². The maximum absolute atomic E-state index is 11.9. The molecule has 2 heterocycles. The van der Waals surface area contributed by atoms with Crippen LogP contribution in [0.15, 0.2) is 34.9 Å². The summed E-state index contributed by atoms with van der Waals surface area (Å²) in [6.45, 7) is 2.82. The quantitative estimate of drug-likeness (QED) is 0.926. The summed E-state index contributed by atoms with van der Waals surface area (Å²) >= 11 is 0. The second-order valence-electron chi connectivity index (χ2n) is 4.94. The van der Waals surface area contributed by atoms with Crippen LogP contribution in [0, 0.1) is 6.92 Å². The number of amides is 1. The summed E-state index contributed by atoms with van der Waals surface area (Å²) in [6, 6.07) is 9.83. The van der Waals surface area contributed by atoms with Crippen LogP contribution in [0.25, 0.3) is 0 Å². The highest BCUT2D eigenvalue weighted by molar-refractivity contribution is 5.92. The molecule has 0 radical (unpaired) electrons. The third-order valence-corrected chi connectivity index (χ3v) is 3.39. The maximum Gasteiger partial charge on any atom is 0.273 e. The number of aryl methyl sites for hydroxylation is 1. The number of benzene rings is 1. The molecular weight excluding hydrogens is 256 g/mol. The largest absolute Gasteiger partial charge is 0.371 e. The van der Waals surface area contributed by atoms with Crippen LogP contribution in [-0.4, -0.2) is 23.7 Å². The summed E-state index contributed by atoms with van der Waals surface area (Å²) < 4.78 is 10.6. The van der Waals surface area contributed by atoms with Crippen molar-refractivity contribution < 1.29 is 14.1 Å². The first-order valence-corrected chi connectivity index (χ1v) is 6.62. The number of fused-ring (bicyclic) bond motifs is 1. The normalized spacial score (nSPS) is 17.6. The van der Waals surface area contributed by atoms with E-state index in [4.69, 9.17) is 9.26 Å². The molecule has 1 atom stereocenters. The van der Waals surface area contributed by atoms with Gasteiger partial charge in [-0.25, -0.2) is 0 Å². The molecule has 1 aromatic heterocycles. The molecule has 2 aromatic rings. The van der Waals surface area contributed by atoms with Crippen molar-refractivity contribution in [3.63, 3.8) is 0 Å². The van der Waals surface area contributed by atoms with Gasteiger partial charge in [0, 0.05) is 19.0 Å². The second-order valence-corrected chi connectivity index (χ2v) is 4.94. The molecule has 0 saturated carbocycles. The highest BCUT2D eigenvalue weighted by Crippen LogP contribution is 2.19. The topological polar surface area (TPSA) is 64.4 Å². The zero-order chi connectivity index (χ0) is 13.9. The monoisotopic (exact) mass is 272 g/mol. The first-order chi connectivity index (χ1) is 9.72. The lowest BCUT2D eigenvalue weighted by molar-refractivity contribution is 0.0284. The van der Waals surface area contributed by atoms with Gasteiger partial charge in [-0.15, -0.1) is 0 Å². The number of nitrogens with zero attached hydrogens (tertiary/aromatic N) is 1. The Balaban J connectivity index is 1.56. The third kappa shape index (κ3) is 2.72. The van der Waals surface area contributed by atoms with Crippen LogP contribution in [-0.2, 0) is 17.8 Å². The molecule has 5 nitrogen and oxygen atoms in total. The second kappa shape index (κ2) is 5.46. The van der Waals surface area contributed by atoms with Crippen molar-refractivity contribution in [3.05, 3.63) is 52.9 Å². The summed E-state index contributed by atoms with van der Waals surface area (Å²) in [5.74, 6) is 0.391. The molecule has 0 spiro atoms. The van der Waals surface area contributed by atoms with Crippen molar-refractivity contribution in [2.45, 2.75) is 26.1 Å². The van der Waals surface area contributed by atoms with Crippen molar-refractivity contribution in [2.75, 3.05) is 6.54 Å². The predicted molar refractivity (Wildman–Crippen MR) is 72.3 cm³/mol. The molecule has 104 valence electrons. The van der Waals surface area contributed by atoms with Crippen LogP contribution in [0.2, 0.25) is 0 Å². The number of aromatic nitrogens is 1. The number of hydrogen-bond acceptors (Lipinski definition) is 4. The van der Waals surface area contributed by atoms with Crippen molar-refractivity contribution in [2.24, 2.45) is 0 Å². The van der Waals surface area contributed by atoms with Gasteiger partial charge >= 0.3 is 0 Å². The van der Waals surface area contributed by atoms with Crippen LogP contribution in [0.4, 0.5) is 0 Å². The Labute approximate surface area is 116 Å². The zero-order valence-electron chi connectivity index (χ0n) is 11.3. The van der Waals surface area contributed by atoms with E-state index in [0.29, 0.717) is 24.6 Å². The Kier molecular flexibility index (Phi) is 3.52. The molecule has 0 unspecified atom stereocenters. The molecule has 1 aromatic carbocycles. The molecule has 1 amide bonds. The lowest BCUT2D eigenvalue weighted by atomic mass is 9.99. The Hall–Kier alpha value is -2.14. The summed E-state index contributed by atoms with van der Waals surface area (Å²) in [6.07, 6.45) is 0.815. The Bertz CT molecular complexity index is 621. The number of carbonyl (C=O) groups is 1. The van der Waals surface area contributed by atoms with E-state index in [0.717, 1.165) is 6.42 Å². The van der Waals surface area contributed by atoms with Crippen LogP contribution in [0.5, 0.6) is 0 Å². The number of rotatable bonds is 3. The fourth-order valence-corrected chi connectivity index (χ4v) is 2.31. The van der Waals surface area contributed by atoms with Gasteiger partial charge < -0.3 is 14.6 Å². The predicted octanol–water partition coefficient (Wildman–Crippen LogP) is 1.85. The number of nitrogens with one attached hydrogen (secondary N) is 1. The third-order valence-electron chi connectivity index (χ3n) is 3.39. The SMILES string of the molecule is Cc1cc(C(=O)NC[C@@H]2Cc3ccccc3CO2)no1. The van der Waals surface area contributed by atoms with E-state index in [9.17, 15) is 4.79 Å². The Morgan fingerprint density at radius 2 is 2.20 bits per heavy atom. The lowest BCUT2D eigenvalue weighted by Crippen LogP contribution is -2.36. The van der Waals surface area contributed by atoms with Crippen LogP contribution in [0.1, 0.15) is 27.4 Å².